The van der Waals surface area contributed by atoms with E-state index in [4.69, 9.17) is 9.84 Å². The first-order valence-electron chi connectivity index (χ1n) is 4.80. The summed E-state index contributed by atoms with van der Waals surface area (Å²) >= 11 is 0. The first kappa shape index (κ1) is 10.5. The molecule has 1 atom stereocenters. The van der Waals surface area contributed by atoms with Crippen molar-refractivity contribution in [2.24, 2.45) is 0 Å². The second-order valence-corrected chi connectivity index (χ2v) is 3.22. The number of hydrogen-bond donors (Lipinski definition) is 1. The average molecular weight is 187 g/mol. The normalized spacial score (nSPS) is 23.7. The topological polar surface area (TPSA) is 49.8 Å². The van der Waals surface area contributed by atoms with E-state index in [9.17, 15) is 4.79 Å². The van der Waals surface area contributed by atoms with E-state index in [1.807, 2.05) is 0 Å². The standard InChI is InChI=1S/C9H17NO3/c1-2-3-4-10-5-6-13-8(7-11)9(10)12/h8,11H,2-7H2,1H3. The summed E-state index contributed by atoms with van der Waals surface area (Å²) in [5.41, 5.74) is 0. The van der Waals surface area contributed by atoms with Gasteiger partial charge in [0.2, 0.25) is 0 Å². The van der Waals surface area contributed by atoms with Gasteiger partial charge in [-0.25, -0.2) is 0 Å². The third-order valence-electron chi connectivity index (χ3n) is 2.21. The highest BCUT2D eigenvalue weighted by Gasteiger charge is 2.28. The molecule has 0 aromatic heterocycles. The number of ether oxygens (including phenoxy) is 1. The van der Waals surface area contributed by atoms with Crippen LogP contribution in [0.2, 0.25) is 0 Å². The summed E-state index contributed by atoms with van der Waals surface area (Å²) in [6.45, 7) is 3.88. The molecule has 0 spiro atoms. The Balaban J connectivity index is 2.40. The molecule has 1 amide bonds. The average Bonchev–Trinajstić information content (AvgIpc) is 2.16. The van der Waals surface area contributed by atoms with Crippen LogP contribution in [0.5, 0.6) is 0 Å². The van der Waals surface area contributed by atoms with E-state index in [0.717, 1.165) is 19.4 Å². The zero-order valence-electron chi connectivity index (χ0n) is 8.03. The van der Waals surface area contributed by atoms with E-state index < -0.39 is 6.10 Å². The van der Waals surface area contributed by atoms with Gasteiger partial charge in [0.25, 0.3) is 5.91 Å². The van der Waals surface area contributed by atoms with Gasteiger partial charge in [-0.1, -0.05) is 13.3 Å². The van der Waals surface area contributed by atoms with Crippen LogP contribution in [-0.4, -0.2) is 48.3 Å². The minimum atomic E-state index is -0.620. The lowest BCUT2D eigenvalue weighted by Gasteiger charge is -2.31. The van der Waals surface area contributed by atoms with E-state index in [-0.39, 0.29) is 12.5 Å². The quantitative estimate of drug-likeness (QED) is 0.674. The lowest BCUT2D eigenvalue weighted by atomic mass is 10.2. The molecule has 76 valence electrons. The Labute approximate surface area is 78.5 Å². The van der Waals surface area contributed by atoms with Gasteiger partial charge in [-0.2, -0.15) is 0 Å². The molecule has 0 radical (unpaired) electrons. The largest absolute Gasteiger partial charge is 0.393 e. The molecular formula is C9H17NO3. The fraction of sp³-hybridized carbons (Fsp3) is 0.889. The van der Waals surface area contributed by atoms with E-state index in [1.165, 1.54) is 0 Å². The number of aliphatic hydroxyl groups excluding tert-OH is 1. The van der Waals surface area contributed by atoms with Crippen molar-refractivity contribution >= 4 is 5.91 Å². The van der Waals surface area contributed by atoms with Crippen LogP contribution < -0.4 is 0 Å². The summed E-state index contributed by atoms with van der Waals surface area (Å²) in [4.78, 5) is 13.3. The molecular weight excluding hydrogens is 170 g/mol. The molecule has 1 fully saturated rings. The predicted octanol–water partition coefficient (Wildman–Crippen LogP) is 0.00620. The minimum absolute atomic E-state index is 0.0674. The fourth-order valence-electron chi connectivity index (χ4n) is 1.39. The molecule has 1 heterocycles. The van der Waals surface area contributed by atoms with Gasteiger partial charge in [-0.15, -0.1) is 0 Å². The molecule has 1 aliphatic rings. The molecule has 1 unspecified atom stereocenters. The maximum Gasteiger partial charge on any atom is 0.254 e. The summed E-state index contributed by atoms with van der Waals surface area (Å²) in [7, 11) is 0. The van der Waals surface area contributed by atoms with Gasteiger partial charge >= 0.3 is 0 Å². The highest BCUT2D eigenvalue weighted by molar-refractivity contribution is 5.81. The molecule has 0 bridgehead atoms. The van der Waals surface area contributed by atoms with Crippen molar-refractivity contribution in [3.8, 4) is 0 Å². The van der Waals surface area contributed by atoms with E-state index >= 15 is 0 Å². The van der Waals surface area contributed by atoms with Crippen LogP contribution in [0.15, 0.2) is 0 Å². The maximum atomic E-state index is 11.5. The second kappa shape index (κ2) is 5.19. The third kappa shape index (κ3) is 2.67. The molecule has 4 nitrogen and oxygen atoms in total. The number of morpholine rings is 1. The summed E-state index contributed by atoms with van der Waals surface area (Å²) in [5, 5.41) is 8.83. The lowest BCUT2D eigenvalue weighted by molar-refractivity contribution is -0.156. The number of carbonyl (C=O) groups is 1. The second-order valence-electron chi connectivity index (χ2n) is 3.22. The van der Waals surface area contributed by atoms with Crippen molar-refractivity contribution in [2.45, 2.75) is 25.9 Å². The number of amides is 1. The van der Waals surface area contributed by atoms with Gasteiger partial charge in [0.15, 0.2) is 6.10 Å². The van der Waals surface area contributed by atoms with E-state index in [2.05, 4.69) is 6.92 Å². The Morgan fingerprint density at radius 3 is 3.08 bits per heavy atom. The van der Waals surface area contributed by atoms with Crippen LogP contribution in [0.1, 0.15) is 19.8 Å². The smallest absolute Gasteiger partial charge is 0.254 e. The van der Waals surface area contributed by atoms with Crippen LogP contribution >= 0.6 is 0 Å². The van der Waals surface area contributed by atoms with Crippen molar-refractivity contribution < 1.29 is 14.6 Å². The SMILES string of the molecule is CCCCN1CCOC(CO)C1=O. The molecule has 0 saturated carbocycles. The number of unbranched alkanes of at least 4 members (excludes halogenated alkanes) is 1. The van der Waals surface area contributed by atoms with Gasteiger partial charge in [0.05, 0.1) is 13.2 Å². The van der Waals surface area contributed by atoms with Crippen LogP contribution in [-0.2, 0) is 9.53 Å². The molecule has 1 aliphatic heterocycles. The molecule has 1 saturated heterocycles. The monoisotopic (exact) mass is 187 g/mol. The number of rotatable bonds is 4. The lowest BCUT2D eigenvalue weighted by Crippen LogP contribution is -2.49. The zero-order valence-corrected chi connectivity index (χ0v) is 8.03. The molecule has 0 aromatic rings. The Morgan fingerprint density at radius 1 is 1.69 bits per heavy atom. The first-order chi connectivity index (χ1) is 6.29. The molecule has 0 aromatic carbocycles. The molecule has 4 heteroatoms. The Hall–Kier alpha value is -0.610. The highest BCUT2D eigenvalue weighted by Crippen LogP contribution is 2.07. The fourth-order valence-corrected chi connectivity index (χ4v) is 1.39. The van der Waals surface area contributed by atoms with Gasteiger partial charge in [-0.05, 0) is 6.42 Å². The molecule has 13 heavy (non-hydrogen) atoms. The van der Waals surface area contributed by atoms with Gasteiger partial charge in [0, 0.05) is 13.1 Å². The maximum absolute atomic E-state index is 11.5. The highest BCUT2D eigenvalue weighted by atomic mass is 16.5. The zero-order chi connectivity index (χ0) is 9.68. The first-order valence-corrected chi connectivity index (χ1v) is 4.80. The number of hydrogen-bond acceptors (Lipinski definition) is 3. The number of aliphatic hydroxyl groups is 1. The van der Waals surface area contributed by atoms with Crippen molar-refractivity contribution in [1.82, 2.24) is 4.90 Å². The molecule has 1 N–H and O–H groups in total. The van der Waals surface area contributed by atoms with Crippen LogP contribution in [0.3, 0.4) is 0 Å². The predicted molar refractivity (Wildman–Crippen MR) is 48.3 cm³/mol. The Morgan fingerprint density at radius 2 is 2.46 bits per heavy atom. The van der Waals surface area contributed by atoms with Crippen LogP contribution in [0.25, 0.3) is 0 Å². The van der Waals surface area contributed by atoms with E-state index in [1.54, 1.807) is 4.90 Å². The number of nitrogens with zero attached hydrogens (tertiary/aromatic N) is 1. The molecule has 0 aliphatic carbocycles. The van der Waals surface area contributed by atoms with Crippen molar-refractivity contribution in [2.75, 3.05) is 26.3 Å². The summed E-state index contributed by atoms with van der Waals surface area (Å²) in [6, 6.07) is 0. The summed E-state index contributed by atoms with van der Waals surface area (Å²) in [6.07, 6.45) is 1.48. The van der Waals surface area contributed by atoms with Crippen molar-refractivity contribution in [3.05, 3.63) is 0 Å². The van der Waals surface area contributed by atoms with Crippen LogP contribution in [0, 0.1) is 0 Å². The Bertz CT molecular complexity index is 172. The van der Waals surface area contributed by atoms with Crippen molar-refractivity contribution in [3.63, 3.8) is 0 Å². The van der Waals surface area contributed by atoms with Gasteiger partial charge in [-0.3, -0.25) is 4.79 Å². The number of carbonyl (C=O) groups excluding carboxylic acids is 1. The van der Waals surface area contributed by atoms with E-state index in [0.29, 0.717) is 13.2 Å². The third-order valence-corrected chi connectivity index (χ3v) is 2.21. The summed E-state index contributed by atoms with van der Waals surface area (Å²) < 4.78 is 5.11. The van der Waals surface area contributed by atoms with Crippen LogP contribution in [0.4, 0.5) is 0 Å². The Kier molecular flexibility index (Phi) is 4.18. The summed E-state index contributed by atoms with van der Waals surface area (Å²) in [5.74, 6) is -0.0674. The van der Waals surface area contributed by atoms with Gasteiger partial charge < -0.3 is 14.7 Å². The molecule has 1 rings (SSSR count). The van der Waals surface area contributed by atoms with Gasteiger partial charge in [0.1, 0.15) is 0 Å². The minimum Gasteiger partial charge on any atom is -0.393 e. The van der Waals surface area contributed by atoms with Crippen molar-refractivity contribution in [1.29, 1.82) is 0 Å².